The number of rotatable bonds is 5. The van der Waals surface area contributed by atoms with Crippen LogP contribution in [0.2, 0.25) is 0 Å². The van der Waals surface area contributed by atoms with Crippen molar-refractivity contribution >= 4 is 17.5 Å². The summed E-state index contributed by atoms with van der Waals surface area (Å²) in [5.41, 5.74) is 1.71. The van der Waals surface area contributed by atoms with E-state index in [9.17, 15) is 9.59 Å². The van der Waals surface area contributed by atoms with Gasteiger partial charge in [0.15, 0.2) is 5.69 Å². The quantitative estimate of drug-likeness (QED) is 0.870. The summed E-state index contributed by atoms with van der Waals surface area (Å²) in [6.07, 6.45) is 1.84. The number of pyridine rings is 1. The topological polar surface area (TPSA) is 78.2 Å². The molecule has 0 bridgehead atoms. The van der Waals surface area contributed by atoms with E-state index in [0.29, 0.717) is 17.9 Å². The monoisotopic (exact) mass is 290 g/mol. The van der Waals surface area contributed by atoms with E-state index in [-0.39, 0.29) is 6.54 Å². The molecule has 0 atom stereocenters. The first-order chi connectivity index (χ1) is 9.90. The Morgan fingerprint density at radius 3 is 2.62 bits per heavy atom. The van der Waals surface area contributed by atoms with E-state index in [2.05, 4.69) is 4.98 Å². The van der Waals surface area contributed by atoms with Crippen LogP contribution in [0.15, 0.2) is 24.4 Å². The Bertz CT molecular complexity index is 678. The third kappa shape index (κ3) is 3.19. The molecule has 1 amide bonds. The molecule has 2 rings (SSSR count). The average molecular weight is 290 g/mol. The zero-order valence-electron chi connectivity index (χ0n) is 12.3. The minimum absolute atomic E-state index is 0.290. The van der Waals surface area contributed by atoms with Gasteiger partial charge >= 0.3 is 5.97 Å². The molecule has 0 aromatic carbocycles. The molecule has 0 unspecified atom stereocenters. The zero-order chi connectivity index (χ0) is 15.6. The fourth-order valence-corrected chi connectivity index (χ4v) is 2.12. The molecular formula is C14H18N4O3. The number of carboxylic acid groups (broad SMARTS) is 1. The highest BCUT2D eigenvalue weighted by Crippen LogP contribution is 2.15. The molecule has 7 heteroatoms. The molecule has 1 N–H and O–H groups in total. The summed E-state index contributed by atoms with van der Waals surface area (Å²) in [6.45, 7) is 0.182. The molecule has 0 saturated heterocycles. The maximum Gasteiger partial charge on any atom is 0.323 e. The van der Waals surface area contributed by atoms with Gasteiger partial charge in [0, 0.05) is 19.8 Å². The molecule has 0 saturated carbocycles. The maximum absolute atomic E-state index is 12.4. The number of carboxylic acids is 1. The van der Waals surface area contributed by atoms with Crippen molar-refractivity contribution in [3.63, 3.8) is 0 Å². The fraction of sp³-hybridized carbons (Fsp3) is 0.357. The Kier molecular flexibility index (Phi) is 4.23. The molecule has 2 heterocycles. The van der Waals surface area contributed by atoms with E-state index in [0.717, 1.165) is 10.6 Å². The SMILES string of the molecule is CN(C)Cc1c(C(=O)N(C)CC(=O)O)nc2ccccn12. The van der Waals surface area contributed by atoms with E-state index < -0.39 is 11.9 Å². The van der Waals surface area contributed by atoms with Crippen LogP contribution in [0.25, 0.3) is 5.65 Å². The van der Waals surface area contributed by atoms with Crippen LogP contribution in [0, 0.1) is 0 Å². The number of aliphatic carboxylic acids is 1. The Hall–Kier alpha value is -2.41. The van der Waals surface area contributed by atoms with Crippen LogP contribution in [0.3, 0.4) is 0 Å². The molecule has 21 heavy (non-hydrogen) atoms. The number of hydrogen-bond acceptors (Lipinski definition) is 4. The van der Waals surface area contributed by atoms with Crippen LogP contribution >= 0.6 is 0 Å². The third-order valence-electron chi connectivity index (χ3n) is 3.02. The van der Waals surface area contributed by atoms with Crippen molar-refractivity contribution in [1.82, 2.24) is 19.2 Å². The first kappa shape index (κ1) is 15.0. The summed E-state index contributed by atoms with van der Waals surface area (Å²) >= 11 is 0. The van der Waals surface area contributed by atoms with Gasteiger partial charge in [-0.1, -0.05) is 6.07 Å². The molecule has 0 radical (unpaired) electrons. The molecule has 2 aromatic rings. The van der Waals surface area contributed by atoms with Crippen molar-refractivity contribution in [1.29, 1.82) is 0 Å². The minimum Gasteiger partial charge on any atom is -0.480 e. The summed E-state index contributed by atoms with van der Waals surface area (Å²) in [7, 11) is 5.26. The first-order valence-corrected chi connectivity index (χ1v) is 6.48. The Morgan fingerprint density at radius 2 is 2.00 bits per heavy atom. The van der Waals surface area contributed by atoms with Gasteiger partial charge in [0.2, 0.25) is 0 Å². The number of hydrogen-bond donors (Lipinski definition) is 1. The predicted octanol–water partition coefficient (Wildman–Crippen LogP) is 0.552. The van der Waals surface area contributed by atoms with Gasteiger partial charge in [-0.2, -0.15) is 0 Å². The fourth-order valence-electron chi connectivity index (χ4n) is 2.12. The third-order valence-corrected chi connectivity index (χ3v) is 3.02. The zero-order valence-corrected chi connectivity index (χ0v) is 12.3. The second-order valence-corrected chi connectivity index (χ2v) is 5.13. The van der Waals surface area contributed by atoms with E-state index in [4.69, 9.17) is 5.11 Å². The van der Waals surface area contributed by atoms with Crippen molar-refractivity contribution in [3.8, 4) is 0 Å². The van der Waals surface area contributed by atoms with E-state index in [1.807, 2.05) is 47.8 Å². The smallest absolute Gasteiger partial charge is 0.323 e. The largest absolute Gasteiger partial charge is 0.480 e. The van der Waals surface area contributed by atoms with Crippen LogP contribution in [-0.2, 0) is 11.3 Å². The Balaban J connectivity index is 2.46. The average Bonchev–Trinajstić information content (AvgIpc) is 2.75. The van der Waals surface area contributed by atoms with E-state index in [1.54, 1.807) is 0 Å². The highest BCUT2D eigenvalue weighted by Gasteiger charge is 2.23. The number of aromatic nitrogens is 2. The summed E-state index contributed by atoms with van der Waals surface area (Å²) in [5, 5.41) is 8.81. The lowest BCUT2D eigenvalue weighted by Crippen LogP contribution is -2.33. The number of imidazole rings is 1. The van der Waals surface area contributed by atoms with Gasteiger partial charge in [-0.25, -0.2) is 4.98 Å². The lowest BCUT2D eigenvalue weighted by Gasteiger charge is -2.15. The number of amides is 1. The summed E-state index contributed by atoms with van der Waals surface area (Å²) < 4.78 is 1.85. The summed E-state index contributed by atoms with van der Waals surface area (Å²) in [5.74, 6) is -1.44. The molecule has 0 aliphatic carbocycles. The Labute approximate surface area is 122 Å². The van der Waals surface area contributed by atoms with Crippen molar-refractivity contribution in [2.45, 2.75) is 6.54 Å². The van der Waals surface area contributed by atoms with Crippen LogP contribution in [-0.4, -0.2) is 63.9 Å². The summed E-state index contributed by atoms with van der Waals surface area (Å²) in [6, 6.07) is 5.52. The van der Waals surface area contributed by atoms with Gasteiger partial charge < -0.3 is 19.3 Å². The number of carbonyl (C=O) groups is 2. The van der Waals surface area contributed by atoms with Crippen LogP contribution in [0.1, 0.15) is 16.2 Å². The molecule has 0 aliphatic heterocycles. The normalized spacial score (nSPS) is 11.0. The van der Waals surface area contributed by atoms with Crippen LogP contribution in [0.5, 0.6) is 0 Å². The van der Waals surface area contributed by atoms with E-state index in [1.165, 1.54) is 7.05 Å². The molecule has 2 aromatic heterocycles. The molecule has 0 spiro atoms. The van der Waals surface area contributed by atoms with Gasteiger partial charge in [-0.3, -0.25) is 9.59 Å². The summed E-state index contributed by atoms with van der Waals surface area (Å²) in [4.78, 5) is 30.6. The van der Waals surface area contributed by atoms with Crippen molar-refractivity contribution in [3.05, 3.63) is 35.8 Å². The van der Waals surface area contributed by atoms with Crippen LogP contribution in [0.4, 0.5) is 0 Å². The second-order valence-electron chi connectivity index (χ2n) is 5.13. The predicted molar refractivity (Wildman–Crippen MR) is 77.2 cm³/mol. The number of fused-ring (bicyclic) bond motifs is 1. The van der Waals surface area contributed by atoms with Crippen molar-refractivity contribution < 1.29 is 14.7 Å². The molecule has 0 fully saturated rings. The van der Waals surface area contributed by atoms with Crippen LogP contribution < -0.4 is 0 Å². The lowest BCUT2D eigenvalue weighted by atomic mass is 10.2. The Morgan fingerprint density at radius 1 is 1.29 bits per heavy atom. The van der Waals surface area contributed by atoms with Gasteiger partial charge in [-0.05, 0) is 26.2 Å². The highest BCUT2D eigenvalue weighted by molar-refractivity contribution is 5.95. The maximum atomic E-state index is 12.4. The minimum atomic E-state index is -1.05. The number of nitrogens with zero attached hydrogens (tertiary/aromatic N) is 4. The molecular weight excluding hydrogens is 272 g/mol. The van der Waals surface area contributed by atoms with Gasteiger partial charge in [0.25, 0.3) is 5.91 Å². The molecule has 0 aliphatic rings. The lowest BCUT2D eigenvalue weighted by molar-refractivity contribution is -0.137. The standard InChI is InChI=1S/C14H18N4O3/c1-16(2)8-10-13(14(21)17(3)9-12(19)20)15-11-6-4-5-7-18(10)11/h4-7H,8-9H2,1-3H3,(H,19,20). The second kappa shape index (κ2) is 5.92. The van der Waals surface area contributed by atoms with Crippen molar-refractivity contribution in [2.75, 3.05) is 27.7 Å². The molecule has 7 nitrogen and oxygen atoms in total. The highest BCUT2D eigenvalue weighted by atomic mass is 16.4. The number of carbonyl (C=O) groups excluding carboxylic acids is 1. The van der Waals surface area contributed by atoms with Crippen molar-refractivity contribution in [2.24, 2.45) is 0 Å². The van der Waals surface area contributed by atoms with E-state index >= 15 is 0 Å². The van der Waals surface area contributed by atoms with Gasteiger partial charge in [0.05, 0.1) is 5.69 Å². The van der Waals surface area contributed by atoms with Gasteiger partial charge in [-0.15, -0.1) is 0 Å². The molecule has 112 valence electrons. The first-order valence-electron chi connectivity index (χ1n) is 6.48. The van der Waals surface area contributed by atoms with Gasteiger partial charge in [0.1, 0.15) is 12.2 Å². The number of likely N-dealkylation sites (N-methyl/N-ethyl adjacent to an activating group) is 1.